The van der Waals surface area contributed by atoms with Gasteiger partial charge in [-0.15, -0.1) is 0 Å². The number of nitrogens with zero attached hydrogens (tertiary/aromatic N) is 2. The first-order valence-electron chi connectivity index (χ1n) is 9.93. The number of thiazole rings is 1. The van der Waals surface area contributed by atoms with Gasteiger partial charge < -0.3 is 5.11 Å². The SMILES string of the molecule is Cc1ccc2nc(N3C(=O)C(=O)/C(=C(/O)c4ccccc4)[C@@H]3c3ccc(F)cc3)sc2c1. The van der Waals surface area contributed by atoms with Gasteiger partial charge in [0.25, 0.3) is 5.78 Å². The average molecular weight is 444 g/mol. The number of Topliss-reactive ketones (excluding diaryl/α,β-unsaturated/α-hetero) is 1. The third-order valence-corrected chi connectivity index (χ3v) is 6.43. The van der Waals surface area contributed by atoms with Gasteiger partial charge in [-0.05, 0) is 42.3 Å². The molecule has 3 aromatic carbocycles. The first kappa shape index (κ1) is 20.1. The molecule has 0 bridgehead atoms. The lowest BCUT2D eigenvalue weighted by molar-refractivity contribution is -0.132. The number of hydrogen-bond donors (Lipinski definition) is 1. The number of anilines is 1. The molecular formula is C25H17FN2O3S. The number of aliphatic hydroxyl groups excluding tert-OH is 1. The molecule has 0 unspecified atom stereocenters. The van der Waals surface area contributed by atoms with Crippen molar-refractivity contribution in [2.45, 2.75) is 13.0 Å². The molecule has 4 aromatic rings. The molecule has 1 aliphatic heterocycles. The molecule has 1 N–H and O–H groups in total. The van der Waals surface area contributed by atoms with Crippen LogP contribution in [0.1, 0.15) is 22.7 Å². The molecule has 5 rings (SSSR count). The van der Waals surface area contributed by atoms with E-state index in [0.717, 1.165) is 10.3 Å². The van der Waals surface area contributed by atoms with Crippen molar-refractivity contribution < 1.29 is 19.1 Å². The Morgan fingerprint density at radius 2 is 1.75 bits per heavy atom. The maximum Gasteiger partial charge on any atom is 0.301 e. The zero-order chi connectivity index (χ0) is 22.4. The van der Waals surface area contributed by atoms with Crippen LogP contribution in [0.3, 0.4) is 0 Å². The Hall–Kier alpha value is -3.84. The summed E-state index contributed by atoms with van der Waals surface area (Å²) in [7, 11) is 0. The summed E-state index contributed by atoms with van der Waals surface area (Å²) in [5, 5.41) is 11.4. The van der Waals surface area contributed by atoms with Crippen molar-refractivity contribution in [3.63, 3.8) is 0 Å². The summed E-state index contributed by atoms with van der Waals surface area (Å²) in [6.07, 6.45) is 0. The fourth-order valence-corrected chi connectivity index (χ4v) is 4.95. The predicted molar refractivity (Wildman–Crippen MR) is 122 cm³/mol. The van der Waals surface area contributed by atoms with Gasteiger partial charge in [-0.2, -0.15) is 0 Å². The van der Waals surface area contributed by atoms with Gasteiger partial charge in [-0.1, -0.05) is 59.9 Å². The van der Waals surface area contributed by atoms with Crippen molar-refractivity contribution in [2.75, 3.05) is 4.90 Å². The molecule has 1 fully saturated rings. The molecule has 32 heavy (non-hydrogen) atoms. The van der Waals surface area contributed by atoms with E-state index >= 15 is 0 Å². The lowest BCUT2D eigenvalue weighted by Crippen LogP contribution is -2.29. The minimum Gasteiger partial charge on any atom is -0.507 e. The number of aliphatic hydroxyl groups is 1. The van der Waals surface area contributed by atoms with E-state index in [1.54, 1.807) is 30.3 Å². The second kappa shape index (κ2) is 7.69. The first-order valence-corrected chi connectivity index (χ1v) is 10.7. The standard InChI is InChI=1S/C25H17FN2O3S/c1-14-7-12-18-19(13-14)32-25(27-18)28-21(15-8-10-17(26)11-9-15)20(23(30)24(28)31)22(29)16-5-3-2-4-6-16/h2-13,21,29H,1H3/b22-20+/t21-/m0/s1. The van der Waals surface area contributed by atoms with Gasteiger partial charge in [0.05, 0.1) is 21.8 Å². The summed E-state index contributed by atoms with van der Waals surface area (Å²) in [4.78, 5) is 32.2. The summed E-state index contributed by atoms with van der Waals surface area (Å²) in [6.45, 7) is 1.96. The van der Waals surface area contributed by atoms with Crippen LogP contribution >= 0.6 is 11.3 Å². The van der Waals surface area contributed by atoms with Gasteiger partial charge in [-0.25, -0.2) is 9.37 Å². The number of benzene rings is 3. The highest BCUT2D eigenvalue weighted by Gasteiger charge is 2.48. The first-order chi connectivity index (χ1) is 15.4. The molecule has 0 aliphatic carbocycles. The number of hydrogen-bond acceptors (Lipinski definition) is 5. The number of rotatable bonds is 3. The van der Waals surface area contributed by atoms with E-state index in [1.807, 2.05) is 25.1 Å². The van der Waals surface area contributed by atoms with Crippen LogP contribution in [0, 0.1) is 12.7 Å². The molecule has 1 amide bonds. The molecule has 1 saturated heterocycles. The molecule has 2 heterocycles. The molecule has 1 atom stereocenters. The highest BCUT2D eigenvalue weighted by Crippen LogP contribution is 2.44. The number of fused-ring (bicyclic) bond motifs is 1. The minimum atomic E-state index is -0.933. The molecule has 0 radical (unpaired) electrons. The number of carbonyl (C=O) groups excluding carboxylic acids is 2. The van der Waals surface area contributed by atoms with Crippen LogP contribution in [0.5, 0.6) is 0 Å². The topological polar surface area (TPSA) is 70.5 Å². The van der Waals surface area contributed by atoms with E-state index in [1.165, 1.54) is 40.5 Å². The van der Waals surface area contributed by atoms with E-state index in [0.29, 0.717) is 21.8 Å². The number of ketones is 1. The zero-order valence-corrected chi connectivity index (χ0v) is 17.8. The number of halogens is 1. The van der Waals surface area contributed by atoms with E-state index < -0.39 is 23.5 Å². The highest BCUT2D eigenvalue weighted by atomic mass is 32.1. The van der Waals surface area contributed by atoms with Crippen LogP contribution in [0.2, 0.25) is 0 Å². The maximum absolute atomic E-state index is 13.6. The van der Waals surface area contributed by atoms with Crippen LogP contribution < -0.4 is 4.90 Å². The Kier molecular flexibility index (Phi) is 4.83. The summed E-state index contributed by atoms with van der Waals surface area (Å²) < 4.78 is 14.5. The van der Waals surface area contributed by atoms with Crippen LogP contribution in [0.15, 0.2) is 78.4 Å². The monoisotopic (exact) mass is 444 g/mol. The zero-order valence-electron chi connectivity index (χ0n) is 16.9. The van der Waals surface area contributed by atoms with Crippen molar-refractivity contribution in [1.82, 2.24) is 4.98 Å². The van der Waals surface area contributed by atoms with Crippen LogP contribution in [-0.4, -0.2) is 21.8 Å². The van der Waals surface area contributed by atoms with Crippen molar-refractivity contribution in [2.24, 2.45) is 0 Å². The van der Waals surface area contributed by atoms with Crippen molar-refractivity contribution >= 4 is 44.1 Å². The van der Waals surface area contributed by atoms with Crippen molar-refractivity contribution in [3.8, 4) is 0 Å². The summed E-state index contributed by atoms with van der Waals surface area (Å²) in [5.74, 6) is -2.31. The maximum atomic E-state index is 13.6. The van der Waals surface area contributed by atoms with E-state index in [4.69, 9.17) is 0 Å². The fourth-order valence-electron chi connectivity index (χ4n) is 3.86. The van der Waals surface area contributed by atoms with Gasteiger partial charge in [0.15, 0.2) is 5.13 Å². The minimum absolute atomic E-state index is 0.0526. The Bertz CT molecular complexity index is 1390. The summed E-state index contributed by atoms with van der Waals surface area (Å²) in [6, 6.07) is 18.9. The highest BCUT2D eigenvalue weighted by molar-refractivity contribution is 7.22. The number of carbonyl (C=O) groups is 2. The lowest BCUT2D eigenvalue weighted by atomic mass is 9.95. The fraction of sp³-hybridized carbons (Fsp3) is 0.0800. The van der Waals surface area contributed by atoms with Crippen LogP contribution in [0.25, 0.3) is 16.0 Å². The van der Waals surface area contributed by atoms with Crippen LogP contribution in [0.4, 0.5) is 9.52 Å². The Morgan fingerprint density at radius 3 is 2.47 bits per heavy atom. The van der Waals surface area contributed by atoms with Crippen LogP contribution in [-0.2, 0) is 9.59 Å². The van der Waals surface area contributed by atoms with Gasteiger partial charge in [-0.3, -0.25) is 14.5 Å². The van der Waals surface area contributed by atoms with E-state index in [2.05, 4.69) is 4.98 Å². The van der Waals surface area contributed by atoms with E-state index in [-0.39, 0.29) is 11.3 Å². The number of aromatic nitrogens is 1. The second-order valence-corrected chi connectivity index (χ2v) is 8.56. The average Bonchev–Trinajstić information content (AvgIpc) is 3.32. The largest absolute Gasteiger partial charge is 0.507 e. The van der Waals surface area contributed by atoms with E-state index in [9.17, 15) is 19.1 Å². The summed E-state index contributed by atoms with van der Waals surface area (Å²) >= 11 is 1.29. The Labute approximate surface area is 187 Å². The quantitative estimate of drug-likeness (QED) is 0.262. The molecule has 0 saturated carbocycles. The number of aryl methyl sites for hydroxylation is 1. The predicted octanol–water partition coefficient (Wildman–Crippen LogP) is 5.37. The van der Waals surface area contributed by atoms with Crippen molar-refractivity contribution in [1.29, 1.82) is 0 Å². The molecule has 0 spiro atoms. The number of amides is 1. The Balaban J connectivity index is 1.73. The van der Waals surface area contributed by atoms with Gasteiger partial charge in [0.1, 0.15) is 11.6 Å². The molecular weight excluding hydrogens is 427 g/mol. The second-order valence-electron chi connectivity index (χ2n) is 7.55. The normalized spacial score (nSPS) is 17.9. The van der Waals surface area contributed by atoms with Crippen molar-refractivity contribution in [3.05, 3.63) is 101 Å². The molecule has 1 aromatic heterocycles. The molecule has 1 aliphatic rings. The Morgan fingerprint density at radius 1 is 1.03 bits per heavy atom. The van der Waals surface area contributed by atoms with Gasteiger partial charge >= 0.3 is 5.91 Å². The molecule has 158 valence electrons. The smallest absolute Gasteiger partial charge is 0.301 e. The molecule has 5 nitrogen and oxygen atoms in total. The third kappa shape index (κ3) is 3.27. The van der Waals surface area contributed by atoms with Gasteiger partial charge in [0.2, 0.25) is 0 Å². The summed E-state index contributed by atoms with van der Waals surface area (Å²) in [5.41, 5.74) is 2.62. The lowest BCUT2D eigenvalue weighted by Gasteiger charge is -2.23. The van der Waals surface area contributed by atoms with Gasteiger partial charge in [0, 0.05) is 5.56 Å². The molecule has 7 heteroatoms. The third-order valence-electron chi connectivity index (χ3n) is 5.42.